The summed E-state index contributed by atoms with van der Waals surface area (Å²) in [7, 11) is 0. The van der Waals surface area contributed by atoms with Crippen molar-refractivity contribution < 1.29 is 13.6 Å². The molecule has 1 fully saturated rings. The number of carbonyl (C=O) groups is 1. The van der Waals surface area contributed by atoms with Gasteiger partial charge in [-0.25, -0.2) is 8.78 Å². The number of hydrogen-bond acceptors (Lipinski definition) is 2. The number of nitrogens with one attached hydrogen (secondary N) is 1. The van der Waals surface area contributed by atoms with Crippen LogP contribution < -0.4 is 5.32 Å². The Bertz CT molecular complexity index is 497. The molecule has 0 radical (unpaired) electrons. The van der Waals surface area contributed by atoms with Gasteiger partial charge in [0.2, 0.25) is 5.91 Å². The third-order valence-corrected chi connectivity index (χ3v) is 3.75. The highest BCUT2D eigenvalue weighted by Crippen LogP contribution is 2.13. The third kappa shape index (κ3) is 4.49. The molecule has 21 heavy (non-hydrogen) atoms. The Hall–Kier alpha value is -1.49. The topological polar surface area (TPSA) is 32.3 Å². The molecule has 1 saturated heterocycles. The highest BCUT2D eigenvalue weighted by Gasteiger charge is 2.24. The minimum absolute atomic E-state index is 0.137. The lowest BCUT2D eigenvalue weighted by atomic mass is 10.1. The van der Waals surface area contributed by atoms with Gasteiger partial charge in [0.1, 0.15) is 0 Å². The molecule has 0 unspecified atom stereocenters. The summed E-state index contributed by atoms with van der Waals surface area (Å²) in [4.78, 5) is 14.1. The molecule has 0 saturated carbocycles. The first-order valence-corrected chi connectivity index (χ1v) is 7.43. The molecule has 0 spiro atoms. The summed E-state index contributed by atoms with van der Waals surface area (Å²) in [6, 6.07) is 4.52. The van der Waals surface area contributed by atoms with Crippen molar-refractivity contribution in [3.63, 3.8) is 0 Å². The molecular weight excluding hydrogens is 274 g/mol. The molecule has 1 aliphatic rings. The highest BCUT2D eigenvalue weighted by atomic mass is 19.2. The molecule has 1 N–H and O–H groups in total. The van der Waals surface area contributed by atoms with E-state index in [2.05, 4.69) is 19.2 Å². The van der Waals surface area contributed by atoms with Crippen molar-refractivity contribution >= 4 is 5.91 Å². The van der Waals surface area contributed by atoms with Crippen LogP contribution in [-0.4, -0.2) is 36.0 Å². The molecule has 0 bridgehead atoms. The quantitative estimate of drug-likeness (QED) is 0.926. The van der Waals surface area contributed by atoms with Gasteiger partial charge in [-0.2, -0.15) is 0 Å². The molecule has 0 aromatic heterocycles. The second kappa shape index (κ2) is 6.98. The fraction of sp³-hybridized carbons (Fsp3) is 0.562. The van der Waals surface area contributed by atoms with Crippen molar-refractivity contribution in [2.75, 3.05) is 13.1 Å². The summed E-state index contributed by atoms with van der Waals surface area (Å²) in [5.74, 6) is -1.53. The SMILES string of the molecule is C[C@@H]1CN(C(=O)CCCc2ccc(F)c(F)c2)C[C@H](C)N1. The zero-order valence-electron chi connectivity index (χ0n) is 12.5. The van der Waals surface area contributed by atoms with Crippen LogP contribution in [0.25, 0.3) is 0 Å². The van der Waals surface area contributed by atoms with Gasteiger partial charge in [0.25, 0.3) is 0 Å². The lowest BCUT2D eigenvalue weighted by molar-refractivity contribution is -0.133. The van der Waals surface area contributed by atoms with E-state index in [1.54, 1.807) is 6.07 Å². The van der Waals surface area contributed by atoms with Crippen molar-refractivity contribution in [1.29, 1.82) is 0 Å². The van der Waals surface area contributed by atoms with Crippen molar-refractivity contribution in [2.45, 2.75) is 45.2 Å². The van der Waals surface area contributed by atoms with E-state index in [0.29, 0.717) is 31.3 Å². The summed E-state index contributed by atoms with van der Waals surface area (Å²) in [6.07, 6.45) is 1.68. The molecular formula is C16H22F2N2O. The van der Waals surface area contributed by atoms with Crippen LogP contribution in [0.15, 0.2) is 18.2 Å². The van der Waals surface area contributed by atoms with Crippen LogP contribution >= 0.6 is 0 Å². The Morgan fingerprint density at radius 2 is 1.90 bits per heavy atom. The molecule has 2 atom stereocenters. The van der Waals surface area contributed by atoms with Gasteiger partial charge >= 0.3 is 0 Å². The van der Waals surface area contributed by atoms with Gasteiger partial charge in [-0.3, -0.25) is 4.79 Å². The smallest absolute Gasteiger partial charge is 0.222 e. The Kier molecular flexibility index (Phi) is 5.28. The van der Waals surface area contributed by atoms with Crippen LogP contribution in [0.3, 0.4) is 0 Å². The summed E-state index contributed by atoms with van der Waals surface area (Å²) in [5.41, 5.74) is 0.726. The molecule has 0 aliphatic carbocycles. The van der Waals surface area contributed by atoms with Crippen molar-refractivity contribution in [3.8, 4) is 0 Å². The molecule has 2 rings (SSSR count). The van der Waals surface area contributed by atoms with Gasteiger partial charge in [-0.15, -0.1) is 0 Å². The molecule has 3 nitrogen and oxygen atoms in total. The van der Waals surface area contributed by atoms with Gasteiger partial charge < -0.3 is 10.2 Å². The lowest BCUT2D eigenvalue weighted by Gasteiger charge is -2.36. The molecule has 1 aromatic rings. The van der Waals surface area contributed by atoms with E-state index >= 15 is 0 Å². The van der Waals surface area contributed by atoms with E-state index in [1.807, 2.05) is 4.90 Å². The van der Waals surface area contributed by atoms with E-state index in [9.17, 15) is 13.6 Å². The fourth-order valence-electron chi connectivity index (χ4n) is 2.83. The van der Waals surface area contributed by atoms with E-state index in [4.69, 9.17) is 0 Å². The summed E-state index contributed by atoms with van der Waals surface area (Å²) in [6.45, 7) is 5.59. The van der Waals surface area contributed by atoms with Crippen LogP contribution in [0.1, 0.15) is 32.3 Å². The minimum atomic E-state index is -0.835. The maximum atomic E-state index is 13.1. The molecule has 1 aliphatic heterocycles. The maximum absolute atomic E-state index is 13.1. The Morgan fingerprint density at radius 3 is 2.52 bits per heavy atom. The lowest BCUT2D eigenvalue weighted by Crippen LogP contribution is -2.55. The molecule has 1 aromatic carbocycles. The number of rotatable bonds is 4. The summed E-state index contributed by atoms with van der Waals surface area (Å²) in [5, 5.41) is 3.39. The van der Waals surface area contributed by atoms with Gasteiger partial charge in [0, 0.05) is 31.6 Å². The first-order valence-electron chi connectivity index (χ1n) is 7.43. The van der Waals surface area contributed by atoms with Crippen LogP contribution in [-0.2, 0) is 11.2 Å². The molecule has 5 heteroatoms. The standard InChI is InChI=1S/C16H22F2N2O/c1-11-9-20(10-12(2)19-11)16(21)5-3-4-13-6-7-14(17)15(18)8-13/h6-8,11-12,19H,3-5,9-10H2,1-2H3/t11-,12+. The van der Waals surface area contributed by atoms with Crippen LogP contribution in [0.2, 0.25) is 0 Å². The Labute approximate surface area is 124 Å². The summed E-state index contributed by atoms with van der Waals surface area (Å²) < 4.78 is 25.9. The van der Waals surface area contributed by atoms with E-state index in [-0.39, 0.29) is 5.91 Å². The number of aryl methyl sites for hydroxylation is 1. The zero-order chi connectivity index (χ0) is 15.4. The predicted molar refractivity (Wildman–Crippen MR) is 77.9 cm³/mol. The summed E-state index contributed by atoms with van der Waals surface area (Å²) >= 11 is 0. The first-order chi connectivity index (χ1) is 9.95. The largest absolute Gasteiger partial charge is 0.340 e. The Morgan fingerprint density at radius 1 is 1.24 bits per heavy atom. The first kappa shape index (κ1) is 15.9. The van der Waals surface area contributed by atoms with Crippen LogP contribution in [0, 0.1) is 11.6 Å². The minimum Gasteiger partial charge on any atom is -0.340 e. The van der Waals surface area contributed by atoms with Crippen molar-refractivity contribution in [1.82, 2.24) is 10.2 Å². The van der Waals surface area contributed by atoms with E-state index in [0.717, 1.165) is 24.7 Å². The second-order valence-electron chi connectivity index (χ2n) is 5.87. The zero-order valence-corrected chi connectivity index (χ0v) is 12.5. The molecule has 116 valence electrons. The van der Waals surface area contributed by atoms with Gasteiger partial charge in [0.05, 0.1) is 0 Å². The number of hydrogen-bond donors (Lipinski definition) is 1. The number of amides is 1. The highest BCUT2D eigenvalue weighted by molar-refractivity contribution is 5.76. The maximum Gasteiger partial charge on any atom is 0.222 e. The number of nitrogens with zero attached hydrogens (tertiary/aromatic N) is 1. The third-order valence-electron chi connectivity index (χ3n) is 3.75. The predicted octanol–water partition coefficient (Wildman–Crippen LogP) is 2.50. The van der Waals surface area contributed by atoms with Crippen LogP contribution in [0.5, 0.6) is 0 Å². The van der Waals surface area contributed by atoms with E-state index < -0.39 is 11.6 Å². The Balaban J connectivity index is 1.80. The number of carbonyl (C=O) groups excluding carboxylic acids is 1. The fourth-order valence-corrected chi connectivity index (χ4v) is 2.83. The normalized spacial score (nSPS) is 22.4. The average Bonchev–Trinajstić information content (AvgIpc) is 2.41. The monoisotopic (exact) mass is 296 g/mol. The van der Waals surface area contributed by atoms with Gasteiger partial charge in [-0.05, 0) is 44.4 Å². The number of benzene rings is 1. The van der Waals surface area contributed by atoms with E-state index in [1.165, 1.54) is 6.07 Å². The van der Waals surface area contributed by atoms with Crippen molar-refractivity contribution in [2.24, 2.45) is 0 Å². The van der Waals surface area contributed by atoms with Gasteiger partial charge in [-0.1, -0.05) is 6.07 Å². The molecule has 1 heterocycles. The number of halogens is 2. The number of piperazine rings is 1. The van der Waals surface area contributed by atoms with Crippen molar-refractivity contribution in [3.05, 3.63) is 35.4 Å². The van der Waals surface area contributed by atoms with Crippen LogP contribution in [0.4, 0.5) is 8.78 Å². The van der Waals surface area contributed by atoms with Gasteiger partial charge in [0.15, 0.2) is 11.6 Å². The molecule has 1 amide bonds. The second-order valence-corrected chi connectivity index (χ2v) is 5.87. The average molecular weight is 296 g/mol.